The smallest absolute Gasteiger partial charge is 0.161 e. The molecule has 0 saturated carbocycles. The predicted molar refractivity (Wildman–Crippen MR) is 84.4 cm³/mol. The lowest BCUT2D eigenvalue weighted by Gasteiger charge is -2.11. The number of ether oxygens (including phenoxy) is 3. The molecule has 0 heterocycles. The van der Waals surface area contributed by atoms with E-state index in [2.05, 4.69) is 13.0 Å². The molecule has 0 aliphatic rings. The van der Waals surface area contributed by atoms with Crippen LogP contribution in [0.1, 0.15) is 18.4 Å². The van der Waals surface area contributed by atoms with E-state index in [0.29, 0.717) is 13.2 Å². The van der Waals surface area contributed by atoms with E-state index in [1.807, 2.05) is 42.5 Å². The second kappa shape index (κ2) is 8.20. The van der Waals surface area contributed by atoms with Crippen molar-refractivity contribution in [1.82, 2.24) is 0 Å². The third kappa shape index (κ3) is 4.71. The molecule has 0 aliphatic carbocycles. The molecule has 0 aromatic heterocycles. The van der Waals surface area contributed by atoms with E-state index in [4.69, 9.17) is 14.2 Å². The van der Waals surface area contributed by atoms with Crippen LogP contribution in [0, 0.1) is 6.92 Å². The first-order chi connectivity index (χ1) is 10.3. The molecule has 0 unspecified atom stereocenters. The van der Waals surface area contributed by atoms with Crippen molar-refractivity contribution in [1.29, 1.82) is 0 Å². The lowest BCUT2D eigenvalue weighted by Crippen LogP contribution is -2.03. The highest BCUT2D eigenvalue weighted by Gasteiger charge is 2.02. The molecule has 0 spiro atoms. The van der Waals surface area contributed by atoms with E-state index in [9.17, 15) is 0 Å². The van der Waals surface area contributed by atoms with Crippen molar-refractivity contribution in [3.63, 3.8) is 0 Å². The Morgan fingerprint density at radius 2 is 1.24 bits per heavy atom. The molecule has 2 aromatic rings. The molecule has 0 aliphatic heterocycles. The van der Waals surface area contributed by atoms with Crippen molar-refractivity contribution in [3.8, 4) is 17.2 Å². The van der Waals surface area contributed by atoms with Gasteiger partial charge in [0.25, 0.3) is 0 Å². The summed E-state index contributed by atoms with van der Waals surface area (Å²) in [5.74, 6) is 2.52. The van der Waals surface area contributed by atoms with Crippen LogP contribution < -0.4 is 14.2 Å². The molecule has 3 heteroatoms. The van der Waals surface area contributed by atoms with Crippen LogP contribution in [-0.4, -0.2) is 20.3 Å². The number of hydrogen-bond acceptors (Lipinski definition) is 3. The van der Waals surface area contributed by atoms with E-state index in [1.165, 1.54) is 5.56 Å². The van der Waals surface area contributed by atoms with Crippen LogP contribution >= 0.6 is 0 Å². The molecular formula is C18H22O3. The molecule has 21 heavy (non-hydrogen) atoms. The molecule has 0 radical (unpaired) electrons. The standard InChI is InChI=1S/C18H22O3/c1-15-9-3-4-10-16(15)20-13-7-8-14-21-18-12-6-5-11-17(18)19-2/h3-6,9-12H,7-8,13-14H2,1-2H3. The van der Waals surface area contributed by atoms with Crippen molar-refractivity contribution in [2.45, 2.75) is 19.8 Å². The average molecular weight is 286 g/mol. The first-order valence-electron chi connectivity index (χ1n) is 7.25. The van der Waals surface area contributed by atoms with Gasteiger partial charge in [-0.2, -0.15) is 0 Å². The van der Waals surface area contributed by atoms with Crippen molar-refractivity contribution in [2.24, 2.45) is 0 Å². The minimum absolute atomic E-state index is 0.664. The molecule has 112 valence electrons. The minimum Gasteiger partial charge on any atom is -0.493 e. The van der Waals surface area contributed by atoms with E-state index < -0.39 is 0 Å². The fourth-order valence-corrected chi connectivity index (χ4v) is 2.02. The summed E-state index contributed by atoms with van der Waals surface area (Å²) in [5, 5.41) is 0. The number of rotatable bonds is 8. The number of aryl methyl sites for hydroxylation is 1. The second-order valence-electron chi connectivity index (χ2n) is 4.82. The van der Waals surface area contributed by atoms with Crippen LogP contribution in [0.2, 0.25) is 0 Å². The summed E-state index contributed by atoms with van der Waals surface area (Å²) in [5.41, 5.74) is 1.17. The van der Waals surface area contributed by atoms with Crippen LogP contribution in [0.4, 0.5) is 0 Å². The van der Waals surface area contributed by atoms with E-state index in [1.54, 1.807) is 7.11 Å². The molecule has 3 nitrogen and oxygen atoms in total. The summed E-state index contributed by atoms with van der Waals surface area (Å²) in [6.45, 7) is 3.43. The highest BCUT2D eigenvalue weighted by atomic mass is 16.5. The SMILES string of the molecule is COc1ccccc1OCCCCOc1ccccc1C. The summed E-state index contributed by atoms with van der Waals surface area (Å²) in [6.07, 6.45) is 1.91. The normalized spacial score (nSPS) is 10.2. The molecule has 0 saturated heterocycles. The number of para-hydroxylation sites is 3. The second-order valence-corrected chi connectivity index (χ2v) is 4.82. The Morgan fingerprint density at radius 1 is 0.714 bits per heavy atom. The molecule has 2 aromatic carbocycles. The van der Waals surface area contributed by atoms with Crippen molar-refractivity contribution < 1.29 is 14.2 Å². The zero-order valence-corrected chi connectivity index (χ0v) is 12.7. The van der Waals surface area contributed by atoms with Gasteiger partial charge >= 0.3 is 0 Å². The number of unbranched alkanes of at least 4 members (excludes halogenated alkanes) is 1. The maximum absolute atomic E-state index is 5.75. The molecule has 0 amide bonds. The van der Waals surface area contributed by atoms with E-state index in [-0.39, 0.29) is 0 Å². The fraction of sp³-hybridized carbons (Fsp3) is 0.333. The van der Waals surface area contributed by atoms with Gasteiger partial charge in [0, 0.05) is 0 Å². The zero-order valence-electron chi connectivity index (χ0n) is 12.7. The van der Waals surface area contributed by atoms with E-state index in [0.717, 1.165) is 30.1 Å². The summed E-state index contributed by atoms with van der Waals surface area (Å²) in [7, 11) is 1.65. The van der Waals surface area contributed by atoms with E-state index >= 15 is 0 Å². The maximum atomic E-state index is 5.75. The molecule has 0 fully saturated rings. The summed E-state index contributed by atoms with van der Waals surface area (Å²) in [4.78, 5) is 0. The Hall–Kier alpha value is -2.16. The van der Waals surface area contributed by atoms with Crippen LogP contribution in [0.15, 0.2) is 48.5 Å². The Morgan fingerprint density at radius 3 is 1.86 bits per heavy atom. The maximum Gasteiger partial charge on any atom is 0.161 e. The lowest BCUT2D eigenvalue weighted by atomic mass is 10.2. The van der Waals surface area contributed by atoms with Gasteiger partial charge in [-0.15, -0.1) is 0 Å². The van der Waals surface area contributed by atoms with Crippen LogP contribution in [0.25, 0.3) is 0 Å². The molecule has 0 atom stereocenters. The van der Waals surface area contributed by atoms with Crippen molar-refractivity contribution in [2.75, 3.05) is 20.3 Å². The number of benzene rings is 2. The highest BCUT2D eigenvalue weighted by molar-refractivity contribution is 5.39. The quantitative estimate of drug-likeness (QED) is 0.679. The third-order valence-corrected chi connectivity index (χ3v) is 3.22. The Labute approximate surface area is 126 Å². The molecular weight excluding hydrogens is 264 g/mol. The third-order valence-electron chi connectivity index (χ3n) is 3.22. The van der Waals surface area contributed by atoms with Gasteiger partial charge in [0.15, 0.2) is 11.5 Å². The highest BCUT2D eigenvalue weighted by Crippen LogP contribution is 2.25. The first-order valence-corrected chi connectivity index (χ1v) is 7.25. The molecule has 0 N–H and O–H groups in total. The van der Waals surface area contributed by atoms with Gasteiger partial charge in [-0.3, -0.25) is 0 Å². The zero-order chi connectivity index (χ0) is 14.9. The Kier molecular flexibility index (Phi) is 5.95. The minimum atomic E-state index is 0.664. The van der Waals surface area contributed by atoms with Crippen LogP contribution in [0.3, 0.4) is 0 Å². The fourth-order valence-electron chi connectivity index (χ4n) is 2.02. The van der Waals surface area contributed by atoms with Crippen LogP contribution in [-0.2, 0) is 0 Å². The van der Waals surface area contributed by atoms with Gasteiger partial charge in [-0.25, -0.2) is 0 Å². The molecule has 2 rings (SSSR count). The summed E-state index contributed by atoms with van der Waals surface area (Å²) in [6, 6.07) is 15.8. The van der Waals surface area contributed by atoms with Gasteiger partial charge < -0.3 is 14.2 Å². The number of hydrogen-bond donors (Lipinski definition) is 0. The van der Waals surface area contributed by atoms with Crippen molar-refractivity contribution in [3.05, 3.63) is 54.1 Å². The van der Waals surface area contributed by atoms with Crippen LogP contribution in [0.5, 0.6) is 17.2 Å². The van der Waals surface area contributed by atoms with Gasteiger partial charge in [0.05, 0.1) is 20.3 Å². The van der Waals surface area contributed by atoms with Gasteiger partial charge in [0.2, 0.25) is 0 Å². The number of methoxy groups -OCH3 is 1. The summed E-state index contributed by atoms with van der Waals surface area (Å²) < 4.78 is 16.7. The monoisotopic (exact) mass is 286 g/mol. The van der Waals surface area contributed by atoms with Crippen molar-refractivity contribution >= 4 is 0 Å². The Bertz CT molecular complexity index is 552. The van der Waals surface area contributed by atoms with Gasteiger partial charge in [-0.05, 0) is 43.5 Å². The largest absolute Gasteiger partial charge is 0.493 e. The first kappa shape index (κ1) is 15.2. The average Bonchev–Trinajstić information content (AvgIpc) is 2.52. The predicted octanol–water partition coefficient (Wildman–Crippen LogP) is 4.24. The lowest BCUT2D eigenvalue weighted by molar-refractivity contribution is 0.258. The topological polar surface area (TPSA) is 27.7 Å². The molecule has 0 bridgehead atoms. The summed E-state index contributed by atoms with van der Waals surface area (Å²) >= 11 is 0. The Balaban J connectivity index is 1.65. The van der Waals surface area contributed by atoms with Gasteiger partial charge in [-0.1, -0.05) is 30.3 Å². The van der Waals surface area contributed by atoms with Gasteiger partial charge in [0.1, 0.15) is 5.75 Å².